The lowest BCUT2D eigenvalue weighted by Gasteiger charge is -2.15. The van der Waals surface area contributed by atoms with Gasteiger partial charge in [-0.25, -0.2) is 9.59 Å². The predicted octanol–water partition coefficient (Wildman–Crippen LogP) is 5.19. The van der Waals surface area contributed by atoms with Gasteiger partial charge in [-0.2, -0.15) is 0 Å². The van der Waals surface area contributed by atoms with Gasteiger partial charge in [0, 0.05) is 17.2 Å². The summed E-state index contributed by atoms with van der Waals surface area (Å²) in [5.41, 5.74) is 1.17. The summed E-state index contributed by atoms with van der Waals surface area (Å²) in [4.78, 5) is 38.8. The highest BCUT2D eigenvalue weighted by Gasteiger charge is 2.25. The Balaban J connectivity index is 2.25. The number of hydrogen-bond donors (Lipinski definition) is 1. The Hall–Kier alpha value is -3.69. The van der Waals surface area contributed by atoms with Crippen molar-refractivity contribution in [3.63, 3.8) is 0 Å². The van der Waals surface area contributed by atoms with Crippen molar-refractivity contribution in [2.75, 3.05) is 13.7 Å². The molecule has 0 aliphatic carbocycles. The minimum Gasteiger partial charge on any atom is -0.480 e. The molecule has 0 amide bonds. The van der Waals surface area contributed by atoms with Gasteiger partial charge in [0.2, 0.25) is 0 Å². The fourth-order valence-corrected chi connectivity index (χ4v) is 3.70. The van der Waals surface area contributed by atoms with Crippen LogP contribution in [0, 0.1) is 17.0 Å². The lowest BCUT2D eigenvalue weighted by Crippen LogP contribution is -2.10. The number of carboxylic acid groups (broad SMARTS) is 1. The first-order chi connectivity index (χ1) is 15.6. The van der Waals surface area contributed by atoms with Crippen LogP contribution < -0.4 is 4.74 Å². The van der Waals surface area contributed by atoms with E-state index in [0.717, 1.165) is 0 Å². The second kappa shape index (κ2) is 9.85. The standard InChI is InChI=1S/C22H16Cl2N2O7/c1-11-19(22(29)32-2)14(12-5-3-4-6-16(12)26(30)31)9-15(25-11)13-7-8-17(21(24)20(13)23)33-10-18(27)28/h3-9H,10H2,1-2H3,(H,27,28). The average molecular weight is 491 g/mol. The zero-order valence-corrected chi connectivity index (χ0v) is 18.8. The molecule has 3 rings (SSSR count). The number of nitro benzene ring substituents is 1. The van der Waals surface area contributed by atoms with Gasteiger partial charge >= 0.3 is 11.9 Å². The van der Waals surface area contributed by atoms with Gasteiger partial charge in [0.05, 0.1) is 39.6 Å². The number of pyridine rings is 1. The van der Waals surface area contributed by atoms with Gasteiger partial charge in [-0.1, -0.05) is 35.3 Å². The molecule has 0 unspecified atom stereocenters. The van der Waals surface area contributed by atoms with Gasteiger partial charge < -0.3 is 14.6 Å². The van der Waals surface area contributed by atoms with Gasteiger partial charge in [-0.15, -0.1) is 0 Å². The van der Waals surface area contributed by atoms with E-state index in [1.165, 1.54) is 43.5 Å². The molecule has 0 spiro atoms. The van der Waals surface area contributed by atoms with Crippen LogP contribution in [-0.4, -0.2) is 40.7 Å². The van der Waals surface area contributed by atoms with Gasteiger partial charge in [0.25, 0.3) is 5.69 Å². The number of hydrogen-bond acceptors (Lipinski definition) is 7. The minimum atomic E-state index is -1.18. The van der Waals surface area contributed by atoms with Crippen molar-refractivity contribution in [1.82, 2.24) is 4.98 Å². The van der Waals surface area contributed by atoms with Crippen LogP contribution in [-0.2, 0) is 9.53 Å². The first kappa shape index (κ1) is 24.0. The van der Waals surface area contributed by atoms with Crippen molar-refractivity contribution in [1.29, 1.82) is 0 Å². The number of aliphatic carboxylic acids is 1. The largest absolute Gasteiger partial charge is 0.480 e. The van der Waals surface area contributed by atoms with E-state index in [1.54, 1.807) is 13.0 Å². The molecule has 2 aromatic carbocycles. The summed E-state index contributed by atoms with van der Waals surface area (Å²) in [6, 6.07) is 10.4. The highest BCUT2D eigenvalue weighted by Crippen LogP contribution is 2.41. The number of methoxy groups -OCH3 is 1. The summed E-state index contributed by atoms with van der Waals surface area (Å²) in [5, 5.41) is 20.4. The Morgan fingerprint density at radius 1 is 1.09 bits per heavy atom. The first-order valence-electron chi connectivity index (χ1n) is 9.32. The molecular formula is C22H16Cl2N2O7. The Kier molecular flexibility index (Phi) is 7.15. The van der Waals surface area contributed by atoms with Crippen LogP contribution in [0.4, 0.5) is 5.69 Å². The third kappa shape index (κ3) is 4.89. The van der Waals surface area contributed by atoms with Crippen molar-refractivity contribution in [3.05, 3.63) is 73.9 Å². The van der Waals surface area contributed by atoms with Crippen LogP contribution in [0.1, 0.15) is 16.1 Å². The van der Waals surface area contributed by atoms with E-state index in [-0.39, 0.29) is 49.6 Å². The fourth-order valence-electron chi connectivity index (χ4n) is 3.22. The predicted molar refractivity (Wildman–Crippen MR) is 121 cm³/mol. The molecule has 1 N–H and O–H groups in total. The molecule has 0 saturated carbocycles. The molecule has 1 aromatic heterocycles. The molecule has 11 heteroatoms. The molecule has 9 nitrogen and oxygen atoms in total. The van der Waals surface area contributed by atoms with Crippen LogP contribution in [0.5, 0.6) is 5.75 Å². The summed E-state index contributed by atoms with van der Waals surface area (Å²) in [5.74, 6) is -1.83. The molecule has 0 aliphatic rings. The van der Waals surface area contributed by atoms with Crippen LogP contribution in [0.3, 0.4) is 0 Å². The van der Waals surface area contributed by atoms with Gasteiger partial charge in [0.15, 0.2) is 6.61 Å². The number of carbonyl (C=O) groups is 2. The Bertz CT molecular complexity index is 1280. The highest BCUT2D eigenvalue weighted by atomic mass is 35.5. The second-order valence-electron chi connectivity index (χ2n) is 6.70. The van der Waals surface area contributed by atoms with Crippen molar-refractivity contribution < 1.29 is 29.1 Å². The molecule has 1 heterocycles. The zero-order chi connectivity index (χ0) is 24.3. The molecule has 3 aromatic rings. The van der Waals surface area contributed by atoms with Gasteiger partial charge in [-0.3, -0.25) is 15.1 Å². The van der Waals surface area contributed by atoms with Gasteiger partial charge in [0.1, 0.15) is 10.8 Å². The molecular weight excluding hydrogens is 475 g/mol. The maximum Gasteiger partial charge on any atom is 0.341 e. The Morgan fingerprint density at radius 3 is 2.42 bits per heavy atom. The van der Waals surface area contributed by atoms with E-state index in [0.29, 0.717) is 5.56 Å². The third-order valence-corrected chi connectivity index (χ3v) is 5.52. The Labute approximate surface area is 197 Å². The number of para-hydroxylation sites is 1. The number of esters is 1. The molecule has 0 radical (unpaired) electrons. The molecule has 33 heavy (non-hydrogen) atoms. The number of rotatable bonds is 7. The first-order valence-corrected chi connectivity index (χ1v) is 10.1. The van der Waals surface area contributed by atoms with E-state index in [2.05, 4.69) is 4.98 Å². The van der Waals surface area contributed by atoms with Crippen molar-refractivity contribution in [3.8, 4) is 28.1 Å². The monoisotopic (exact) mass is 490 g/mol. The van der Waals surface area contributed by atoms with Crippen LogP contribution in [0.25, 0.3) is 22.4 Å². The van der Waals surface area contributed by atoms with E-state index in [9.17, 15) is 19.7 Å². The Morgan fingerprint density at radius 2 is 1.79 bits per heavy atom. The normalized spacial score (nSPS) is 10.5. The van der Waals surface area contributed by atoms with E-state index in [1.807, 2.05) is 0 Å². The lowest BCUT2D eigenvalue weighted by atomic mass is 9.95. The molecule has 170 valence electrons. The summed E-state index contributed by atoms with van der Waals surface area (Å²) in [6.07, 6.45) is 0. The van der Waals surface area contributed by atoms with Crippen LogP contribution >= 0.6 is 23.2 Å². The van der Waals surface area contributed by atoms with Crippen molar-refractivity contribution in [2.45, 2.75) is 6.92 Å². The summed E-state index contributed by atoms with van der Waals surface area (Å²) in [6.45, 7) is 0.955. The number of ether oxygens (including phenoxy) is 2. The number of carboxylic acids is 1. The zero-order valence-electron chi connectivity index (χ0n) is 17.3. The number of nitrogens with zero attached hydrogens (tertiary/aromatic N) is 2. The second-order valence-corrected chi connectivity index (χ2v) is 7.46. The van der Waals surface area contributed by atoms with Crippen LogP contribution in [0.2, 0.25) is 10.0 Å². The fraction of sp³-hybridized carbons (Fsp3) is 0.136. The van der Waals surface area contributed by atoms with Crippen molar-refractivity contribution >= 4 is 40.8 Å². The number of halogens is 2. The summed E-state index contributed by atoms with van der Waals surface area (Å²) < 4.78 is 9.99. The SMILES string of the molecule is COC(=O)c1c(-c2ccccc2[N+](=O)[O-])cc(-c2ccc(OCC(=O)O)c(Cl)c2Cl)nc1C. The quantitative estimate of drug-likeness (QED) is 0.272. The number of nitro groups is 1. The molecule has 0 fully saturated rings. The van der Waals surface area contributed by atoms with E-state index in [4.69, 9.17) is 37.8 Å². The molecule has 0 saturated heterocycles. The number of aryl methyl sites for hydroxylation is 1. The number of carbonyl (C=O) groups excluding carboxylic acids is 1. The lowest BCUT2D eigenvalue weighted by molar-refractivity contribution is -0.384. The summed E-state index contributed by atoms with van der Waals surface area (Å²) in [7, 11) is 1.20. The molecule has 0 aliphatic heterocycles. The number of benzene rings is 2. The highest BCUT2D eigenvalue weighted by molar-refractivity contribution is 6.44. The third-order valence-electron chi connectivity index (χ3n) is 4.65. The molecule has 0 atom stereocenters. The van der Waals surface area contributed by atoms with E-state index < -0.39 is 23.5 Å². The summed E-state index contributed by atoms with van der Waals surface area (Å²) >= 11 is 12.7. The van der Waals surface area contributed by atoms with Gasteiger partial charge in [-0.05, 0) is 31.2 Å². The smallest absolute Gasteiger partial charge is 0.341 e. The maximum absolute atomic E-state index is 12.5. The maximum atomic E-state index is 12.5. The minimum absolute atomic E-state index is 0.0286. The van der Waals surface area contributed by atoms with Crippen LogP contribution in [0.15, 0.2) is 42.5 Å². The van der Waals surface area contributed by atoms with Crippen molar-refractivity contribution in [2.24, 2.45) is 0 Å². The average Bonchev–Trinajstić information content (AvgIpc) is 2.78. The molecule has 0 bridgehead atoms. The topological polar surface area (TPSA) is 129 Å². The number of aromatic nitrogens is 1. The van der Waals surface area contributed by atoms with E-state index >= 15 is 0 Å².